The second-order valence-corrected chi connectivity index (χ2v) is 5.64. The van der Waals surface area contributed by atoms with E-state index in [0.717, 1.165) is 5.69 Å². The largest absolute Gasteiger partial charge is 0.385 e. The van der Waals surface area contributed by atoms with Crippen LogP contribution in [0.15, 0.2) is 24.3 Å². The molecular weight excluding hydrogens is 320 g/mol. The number of nitrogens with one attached hydrogen (secondary N) is 2. The van der Waals surface area contributed by atoms with Crippen molar-refractivity contribution in [3.8, 4) is 0 Å². The lowest BCUT2D eigenvalue weighted by Gasteiger charge is -2.11. The topological polar surface area (TPSA) is 110 Å². The summed E-state index contributed by atoms with van der Waals surface area (Å²) in [7, 11) is 0. The maximum atomic E-state index is 11.7. The first-order valence-corrected chi connectivity index (χ1v) is 7.57. The third-order valence-corrected chi connectivity index (χ3v) is 3.75. The standard InChI is InChI=1S/C15H22N4O3.ClH/c16-14(11-3-4-11)10-18-15(20)2-1-9-17-12-5-7-13(8-6-12)19(21)22;/h5-8,11,14,17H,1-4,9-10,16H2,(H,18,20);1H. The molecule has 7 nitrogen and oxygen atoms in total. The summed E-state index contributed by atoms with van der Waals surface area (Å²) in [5.41, 5.74) is 6.79. The quantitative estimate of drug-likeness (QED) is 0.361. The fourth-order valence-electron chi connectivity index (χ4n) is 2.19. The van der Waals surface area contributed by atoms with E-state index in [2.05, 4.69) is 10.6 Å². The summed E-state index contributed by atoms with van der Waals surface area (Å²) < 4.78 is 0. The lowest BCUT2D eigenvalue weighted by molar-refractivity contribution is -0.384. The Bertz CT molecular complexity index is 520. The van der Waals surface area contributed by atoms with Gasteiger partial charge < -0.3 is 16.4 Å². The summed E-state index contributed by atoms with van der Waals surface area (Å²) in [6, 6.07) is 6.31. The molecule has 1 amide bonds. The molecule has 1 fully saturated rings. The molecule has 1 saturated carbocycles. The number of non-ortho nitro benzene ring substituents is 1. The predicted molar refractivity (Wildman–Crippen MR) is 91.8 cm³/mol. The van der Waals surface area contributed by atoms with Gasteiger partial charge in [0.25, 0.3) is 5.69 Å². The Morgan fingerprint density at radius 1 is 1.35 bits per heavy atom. The number of rotatable bonds is 9. The van der Waals surface area contributed by atoms with Gasteiger partial charge in [0.15, 0.2) is 0 Å². The van der Waals surface area contributed by atoms with Gasteiger partial charge in [0, 0.05) is 43.4 Å². The molecule has 2 rings (SSSR count). The van der Waals surface area contributed by atoms with E-state index in [1.807, 2.05) is 0 Å². The highest BCUT2D eigenvalue weighted by molar-refractivity contribution is 5.85. The van der Waals surface area contributed by atoms with Crippen molar-refractivity contribution in [1.82, 2.24) is 5.32 Å². The van der Waals surface area contributed by atoms with Crippen molar-refractivity contribution in [2.75, 3.05) is 18.4 Å². The average molecular weight is 343 g/mol. The Kier molecular flexibility index (Phi) is 7.77. The zero-order chi connectivity index (χ0) is 15.9. The van der Waals surface area contributed by atoms with Crippen molar-refractivity contribution in [2.24, 2.45) is 11.7 Å². The smallest absolute Gasteiger partial charge is 0.269 e. The van der Waals surface area contributed by atoms with Crippen LogP contribution in [0.2, 0.25) is 0 Å². The monoisotopic (exact) mass is 342 g/mol. The van der Waals surface area contributed by atoms with Gasteiger partial charge in [-0.1, -0.05) is 0 Å². The van der Waals surface area contributed by atoms with Crippen LogP contribution in [0, 0.1) is 16.0 Å². The van der Waals surface area contributed by atoms with Crippen molar-refractivity contribution in [3.63, 3.8) is 0 Å². The van der Waals surface area contributed by atoms with E-state index < -0.39 is 4.92 Å². The minimum atomic E-state index is -0.430. The first-order valence-electron chi connectivity index (χ1n) is 7.57. The van der Waals surface area contributed by atoms with Crippen LogP contribution in [-0.2, 0) is 4.79 Å². The number of carbonyl (C=O) groups excluding carboxylic acids is 1. The number of nitro benzene ring substituents is 1. The highest BCUT2D eigenvalue weighted by Crippen LogP contribution is 2.31. The highest BCUT2D eigenvalue weighted by atomic mass is 35.5. The molecule has 0 aliphatic heterocycles. The Balaban J connectivity index is 0.00000264. The van der Waals surface area contributed by atoms with Crippen molar-refractivity contribution >= 4 is 29.7 Å². The maximum Gasteiger partial charge on any atom is 0.269 e. The minimum Gasteiger partial charge on any atom is -0.385 e. The molecule has 1 aliphatic rings. The molecular formula is C15H23ClN4O3. The van der Waals surface area contributed by atoms with Crippen LogP contribution in [0.25, 0.3) is 0 Å². The van der Waals surface area contributed by atoms with Gasteiger partial charge in [-0.15, -0.1) is 12.4 Å². The Labute approximate surface area is 141 Å². The molecule has 128 valence electrons. The van der Waals surface area contributed by atoms with E-state index in [9.17, 15) is 14.9 Å². The number of nitrogens with two attached hydrogens (primary N) is 1. The molecule has 1 aromatic rings. The molecule has 0 bridgehead atoms. The Morgan fingerprint density at radius 3 is 2.57 bits per heavy atom. The number of halogens is 1. The first-order chi connectivity index (χ1) is 10.6. The van der Waals surface area contributed by atoms with Crippen LogP contribution in [-0.4, -0.2) is 30.0 Å². The minimum absolute atomic E-state index is 0. The third-order valence-electron chi connectivity index (χ3n) is 3.75. The molecule has 23 heavy (non-hydrogen) atoms. The van der Waals surface area contributed by atoms with Gasteiger partial charge in [-0.3, -0.25) is 14.9 Å². The molecule has 0 spiro atoms. The summed E-state index contributed by atoms with van der Waals surface area (Å²) in [5.74, 6) is 0.603. The summed E-state index contributed by atoms with van der Waals surface area (Å²) in [6.07, 6.45) is 3.49. The normalized spacial score (nSPS) is 14.5. The van der Waals surface area contributed by atoms with E-state index in [1.165, 1.54) is 25.0 Å². The van der Waals surface area contributed by atoms with Crippen molar-refractivity contribution in [3.05, 3.63) is 34.4 Å². The fraction of sp³-hybridized carbons (Fsp3) is 0.533. The van der Waals surface area contributed by atoms with Crippen LogP contribution >= 0.6 is 12.4 Å². The third kappa shape index (κ3) is 6.83. The molecule has 0 aromatic heterocycles. The number of nitrogens with zero attached hydrogens (tertiary/aromatic N) is 1. The summed E-state index contributed by atoms with van der Waals surface area (Å²) in [4.78, 5) is 21.8. The van der Waals surface area contributed by atoms with Gasteiger partial charge >= 0.3 is 0 Å². The molecule has 1 atom stereocenters. The number of hydrogen-bond acceptors (Lipinski definition) is 5. The van der Waals surface area contributed by atoms with Crippen molar-refractivity contribution < 1.29 is 9.72 Å². The van der Waals surface area contributed by atoms with Crippen molar-refractivity contribution in [2.45, 2.75) is 31.7 Å². The molecule has 1 unspecified atom stereocenters. The van der Waals surface area contributed by atoms with Crippen LogP contribution in [0.4, 0.5) is 11.4 Å². The number of hydrogen-bond donors (Lipinski definition) is 3. The second-order valence-electron chi connectivity index (χ2n) is 5.64. The average Bonchev–Trinajstić information content (AvgIpc) is 3.34. The van der Waals surface area contributed by atoms with Crippen LogP contribution < -0.4 is 16.4 Å². The molecule has 1 aliphatic carbocycles. The van der Waals surface area contributed by atoms with E-state index in [0.29, 0.717) is 31.8 Å². The first kappa shape index (κ1) is 19.2. The van der Waals surface area contributed by atoms with E-state index in [1.54, 1.807) is 12.1 Å². The lowest BCUT2D eigenvalue weighted by Crippen LogP contribution is -2.38. The van der Waals surface area contributed by atoms with Crippen LogP contribution in [0.1, 0.15) is 25.7 Å². The SMILES string of the molecule is Cl.NC(CNC(=O)CCCNc1ccc([N+](=O)[O-])cc1)C1CC1. The lowest BCUT2D eigenvalue weighted by atomic mass is 10.2. The molecule has 8 heteroatoms. The van der Waals surface area contributed by atoms with Gasteiger partial charge in [-0.25, -0.2) is 0 Å². The predicted octanol–water partition coefficient (Wildman–Crippen LogP) is 2.06. The molecule has 0 radical (unpaired) electrons. The summed E-state index contributed by atoms with van der Waals surface area (Å²) in [5, 5.41) is 16.5. The number of nitro groups is 1. The van der Waals surface area contributed by atoms with Gasteiger partial charge in [0.05, 0.1) is 4.92 Å². The van der Waals surface area contributed by atoms with Gasteiger partial charge in [0.2, 0.25) is 5.91 Å². The number of benzene rings is 1. The van der Waals surface area contributed by atoms with Crippen LogP contribution in [0.3, 0.4) is 0 Å². The van der Waals surface area contributed by atoms with Gasteiger partial charge in [-0.05, 0) is 37.3 Å². The van der Waals surface area contributed by atoms with E-state index >= 15 is 0 Å². The summed E-state index contributed by atoms with van der Waals surface area (Å²) >= 11 is 0. The maximum absolute atomic E-state index is 11.7. The number of carbonyl (C=O) groups is 1. The fourth-order valence-corrected chi connectivity index (χ4v) is 2.19. The van der Waals surface area contributed by atoms with Crippen molar-refractivity contribution in [1.29, 1.82) is 0 Å². The molecule has 4 N–H and O–H groups in total. The molecule has 1 aromatic carbocycles. The Morgan fingerprint density at radius 2 is 2.00 bits per heavy atom. The van der Waals surface area contributed by atoms with Gasteiger partial charge in [0.1, 0.15) is 0 Å². The van der Waals surface area contributed by atoms with Gasteiger partial charge in [-0.2, -0.15) is 0 Å². The number of anilines is 1. The summed E-state index contributed by atoms with van der Waals surface area (Å²) in [6.45, 7) is 1.19. The highest BCUT2D eigenvalue weighted by Gasteiger charge is 2.28. The Hall–Kier alpha value is -1.86. The number of amides is 1. The zero-order valence-corrected chi connectivity index (χ0v) is 13.7. The molecule has 0 saturated heterocycles. The second kappa shape index (κ2) is 9.32. The van der Waals surface area contributed by atoms with E-state index in [-0.39, 0.29) is 30.0 Å². The van der Waals surface area contributed by atoms with Crippen LogP contribution in [0.5, 0.6) is 0 Å². The zero-order valence-electron chi connectivity index (χ0n) is 12.9. The molecule has 0 heterocycles. The van der Waals surface area contributed by atoms with E-state index in [4.69, 9.17) is 5.73 Å².